The van der Waals surface area contributed by atoms with E-state index in [9.17, 15) is 9.59 Å². The topological polar surface area (TPSA) is 88.0 Å². The number of aromatic nitrogens is 2. The van der Waals surface area contributed by atoms with Gasteiger partial charge in [-0.2, -0.15) is 0 Å². The predicted molar refractivity (Wildman–Crippen MR) is 115 cm³/mol. The molecule has 2 heterocycles. The number of hydrogen-bond acceptors (Lipinski definition) is 4. The van der Waals surface area contributed by atoms with E-state index in [0.29, 0.717) is 28.3 Å². The van der Waals surface area contributed by atoms with Gasteiger partial charge in [-0.3, -0.25) is 20.4 Å². The van der Waals surface area contributed by atoms with E-state index in [2.05, 4.69) is 21.2 Å². The number of carbonyl (C=O) groups is 1. The minimum absolute atomic E-state index is 0.00166. The molecule has 3 N–H and O–H groups in total. The summed E-state index contributed by atoms with van der Waals surface area (Å²) in [6.45, 7) is 4.33. The fourth-order valence-corrected chi connectivity index (χ4v) is 2.93. The van der Waals surface area contributed by atoms with Crippen LogP contribution in [-0.4, -0.2) is 20.6 Å². The van der Waals surface area contributed by atoms with Crippen LogP contribution < -0.4 is 21.6 Å². The molecule has 0 aliphatic rings. The number of nitrogens with one attached hydrogen (secondary N) is 3. The molecular weight excluding hydrogens is 398 g/mol. The van der Waals surface area contributed by atoms with Crippen LogP contribution in [0.1, 0.15) is 23.0 Å². The fraction of sp³-hybridized carbons (Fsp3) is 0.158. The van der Waals surface area contributed by atoms with Crippen molar-refractivity contribution in [3.05, 3.63) is 69.1 Å². The van der Waals surface area contributed by atoms with Crippen LogP contribution in [0.5, 0.6) is 0 Å². The van der Waals surface area contributed by atoms with Crippen LogP contribution in [0.15, 0.2) is 47.4 Å². The number of pyridine rings is 2. The first kappa shape index (κ1) is 19.8. The number of anilines is 1. The second-order valence-corrected chi connectivity index (χ2v) is 6.87. The van der Waals surface area contributed by atoms with E-state index < -0.39 is 5.91 Å². The average molecular weight is 416 g/mol. The minimum Gasteiger partial charge on any atom is -0.332 e. The summed E-state index contributed by atoms with van der Waals surface area (Å²) in [4.78, 5) is 29.7. The third-order valence-corrected chi connectivity index (χ3v) is 4.49. The summed E-state index contributed by atoms with van der Waals surface area (Å²) in [5, 5.41) is 4.07. The second-order valence-electron chi connectivity index (χ2n) is 6.02. The molecule has 0 spiro atoms. The molecule has 0 bridgehead atoms. The van der Waals surface area contributed by atoms with Crippen molar-refractivity contribution in [2.45, 2.75) is 20.4 Å². The maximum absolute atomic E-state index is 12.7. The van der Waals surface area contributed by atoms with Crippen molar-refractivity contribution in [1.29, 1.82) is 0 Å². The molecule has 3 rings (SSSR count). The first-order valence-electron chi connectivity index (χ1n) is 8.52. The maximum atomic E-state index is 12.7. The van der Waals surface area contributed by atoms with Gasteiger partial charge in [-0.15, -0.1) is 0 Å². The van der Waals surface area contributed by atoms with Gasteiger partial charge in [-0.25, -0.2) is 4.98 Å². The number of hydrogen-bond donors (Lipinski definition) is 3. The van der Waals surface area contributed by atoms with Crippen molar-refractivity contribution >= 4 is 51.6 Å². The highest BCUT2D eigenvalue weighted by atomic mass is 35.5. The molecule has 0 fully saturated rings. The quantitative estimate of drug-likeness (QED) is 0.450. The number of benzene rings is 1. The first-order valence-corrected chi connectivity index (χ1v) is 9.31. The average Bonchev–Trinajstić information content (AvgIpc) is 2.68. The van der Waals surface area contributed by atoms with Gasteiger partial charge in [-0.05, 0) is 62.5 Å². The molecule has 2 aromatic heterocycles. The number of nitrogens with zero attached hydrogens (tertiary/aromatic N) is 2. The Kier molecular flexibility index (Phi) is 5.91. The molecule has 0 aliphatic heterocycles. The van der Waals surface area contributed by atoms with Gasteiger partial charge in [0.05, 0.1) is 5.39 Å². The Hall–Kier alpha value is -2.97. The normalized spacial score (nSPS) is 10.5. The van der Waals surface area contributed by atoms with Crippen LogP contribution >= 0.6 is 23.8 Å². The first-order chi connectivity index (χ1) is 13.4. The zero-order valence-electron chi connectivity index (χ0n) is 15.2. The summed E-state index contributed by atoms with van der Waals surface area (Å²) in [5.74, 6) is -0.588. The number of fused-ring (bicyclic) bond motifs is 1. The summed E-state index contributed by atoms with van der Waals surface area (Å²) in [6.07, 6.45) is 1.50. The minimum atomic E-state index is -0.588. The fourth-order valence-electron chi connectivity index (χ4n) is 2.64. The van der Waals surface area contributed by atoms with Crippen LogP contribution in [0.3, 0.4) is 0 Å². The molecule has 0 aliphatic carbocycles. The van der Waals surface area contributed by atoms with Crippen molar-refractivity contribution in [2.75, 3.05) is 5.32 Å². The Bertz CT molecular complexity index is 1110. The lowest BCUT2D eigenvalue weighted by molar-refractivity contribution is 0.0942. The molecule has 9 heteroatoms. The van der Waals surface area contributed by atoms with Gasteiger partial charge in [-0.1, -0.05) is 11.6 Å². The SMILES string of the molecule is CCn1cc(C(=O)NNC(=S)Nc2ccc(Cl)cc2)c(=O)c2ccc(C)nc21. The Morgan fingerprint density at radius 3 is 2.57 bits per heavy atom. The van der Waals surface area contributed by atoms with Gasteiger partial charge in [0, 0.05) is 29.1 Å². The van der Waals surface area contributed by atoms with Gasteiger partial charge in [0.1, 0.15) is 11.2 Å². The van der Waals surface area contributed by atoms with Gasteiger partial charge in [0.15, 0.2) is 5.11 Å². The number of aryl methyl sites for hydroxylation is 2. The lowest BCUT2D eigenvalue weighted by Crippen LogP contribution is -2.45. The van der Waals surface area contributed by atoms with Crippen molar-refractivity contribution < 1.29 is 4.79 Å². The van der Waals surface area contributed by atoms with Gasteiger partial charge in [0.25, 0.3) is 5.91 Å². The lowest BCUT2D eigenvalue weighted by atomic mass is 10.1. The zero-order chi connectivity index (χ0) is 20.3. The highest BCUT2D eigenvalue weighted by molar-refractivity contribution is 7.80. The molecule has 1 aromatic carbocycles. The molecule has 0 unspecified atom stereocenters. The largest absolute Gasteiger partial charge is 0.332 e. The van der Waals surface area contributed by atoms with Crippen molar-refractivity contribution in [1.82, 2.24) is 20.4 Å². The van der Waals surface area contributed by atoms with Crippen LogP contribution in [0.2, 0.25) is 5.02 Å². The number of rotatable bonds is 3. The molecular formula is C19H18ClN5O2S. The van der Waals surface area contributed by atoms with E-state index >= 15 is 0 Å². The molecule has 1 amide bonds. The third kappa shape index (κ3) is 4.29. The lowest BCUT2D eigenvalue weighted by Gasteiger charge is -2.13. The molecule has 144 valence electrons. The van der Waals surface area contributed by atoms with E-state index in [1.165, 1.54) is 6.20 Å². The molecule has 0 saturated carbocycles. The Morgan fingerprint density at radius 2 is 1.89 bits per heavy atom. The van der Waals surface area contributed by atoms with E-state index in [0.717, 1.165) is 5.69 Å². The Balaban J connectivity index is 1.77. The van der Waals surface area contributed by atoms with Crippen molar-refractivity contribution in [2.24, 2.45) is 0 Å². The second kappa shape index (κ2) is 8.37. The van der Waals surface area contributed by atoms with Gasteiger partial charge in [0.2, 0.25) is 5.43 Å². The third-order valence-electron chi connectivity index (χ3n) is 4.04. The zero-order valence-corrected chi connectivity index (χ0v) is 16.8. The standard InChI is InChI=1S/C19H18ClN5O2S/c1-3-25-10-15(16(26)14-9-4-11(2)21-17(14)25)18(27)23-24-19(28)22-13-7-5-12(20)6-8-13/h4-10H,3H2,1-2H3,(H,23,27)(H2,22,24,28). The van der Waals surface area contributed by atoms with E-state index in [1.54, 1.807) is 41.0 Å². The molecule has 7 nitrogen and oxygen atoms in total. The Labute approximate surface area is 171 Å². The smallest absolute Gasteiger partial charge is 0.275 e. The van der Waals surface area contributed by atoms with Gasteiger partial charge < -0.3 is 9.88 Å². The number of hydrazine groups is 1. The molecule has 28 heavy (non-hydrogen) atoms. The van der Waals surface area contributed by atoms with Crippen molar-refractivity contribution in [3.8, 4) is 0 Å². The number of thiocarbonyl (C=S) groups is 1. The summed E-state index contributed by atoms with van der Waals surface area (Å²) in [7, 11) is 0. The van der Waals surface area contributed by atoms with E-state index in [1.807, 2.05) is 13.8 Å². The van der Waals surface area contributed by atoms with E-state index in [4.69, 9.17) is 23.8 Å². The number of amides is 1. The van der Waals surface area contributed by atoms with E-state index in [-0.39, 0.29) is 16.1 Å². The van der Waals surface area contributed by atoms with Crippen LogP contribution in [0.4, 0.5) is 5.69 Å². The predicted octanol–water partition coefficient (Wildman–Crippen LogP) is 3.01. The summed E-state index contributed by atoms with van der Waals surface area (Å²) in [6, 6.07) is 10.3. The highest BCUT2D eigenvalue weighted by Crippen LogP contribution is 2.13. The maximum Gasteiger partial charge on any atom is 0.275 e. The number of carbonyl (C=O) groups excluding carboxylic acids is 1. The molecule has 0 saturated heterocycles. The Morgan fingerprint density at radius 1 is 1.18 bits per heavy atom. The summed E-state index contributed by atoms with van der Waals surface area (Å²) in [5.41, 5.74) is 6.71. The van der Waals surface area contributed by atoms with Crippen LogP contribution in [-0.2, 0) is 6.54 Å². The monoisotopic (exact) mass is 415 g/mol. The molecule has 0 radical (unpaired) electrons. The van der Waals surface area contributed by atoms with Crippen molar-refractivity contribution in [3.63, 3.8) is 0 Å². The summed E-state index contributed by atoms with van der Waals surface area (Å²) >= 11 is 11.0. The highest BCUT2D eigenvalue weighted by Gasteiger charge is 2.16. The van der Waals surface area contributed by atoms with Crippen LogP contribution in [0.25, 0.3) is 11.0 Å². The van der Waals surface area contributed by atoms with Gasteiger partial charge >= 0.3 is 0 Å². The molecule has 3 aromatic rings. The van der Waals surface area contributed by atoms with Crippen LogP contribution in [0, 0.1) is 6.92 Å². The molecule has 0 atom stereocenters. The number of halogens is 1. The summed E-state index contributed by atoms with van der Waals surface area (Å²) < 4.78 is 1.77.